The van der Waals surface area contributed by atoms with Crippen molar-refractivity contribution in [2.45, 2.75) is 45.6 Å². The molecule has 0 aliphatic carbocycles. The van der Waals surface area contributed by atoms with Crippen LogP contribution in [0.1, 0.15) is 29.2 Å². The molecule has 0 bridgehead atoms. The van der Waals surface area contributed by atoms with Gasteiger partial charge in [0, 0.05) is 5.69 Å². The lowest BCUT2D eigenvalue weighted by molar-refractivity contribution is -0.122. The summed E-state index contributed by atoms with van der Waals surface area (Å²) in [6.07, 6.45) is -0.721. The average Bonchev–Trinajstić information content (AvgIpc) is 2.73. The summed E-state index contributed by atoms with van der Waals surface area (Å²) in [6.45, 7) is 9.45. The van der Waals surface area contributed by atoms with Crippen molar-refractivity contribution in [1.29, 1.82) is 0 Å². The highest BCUT2D eigenvalue weighted by Crippen LogP contribution is 2.25. The molecule has 3 aromatic rings. The Morgan fingerprint density at radius 3 is 2.22 bits per heavy atom. The molecule has 0 unspecified atom stereocenters. The van der Waals surface area contributed by atoms with E-state index in [0.717, 1.165) is 22.3 Å². The lowest BCUT2D eigenvalue weighted by Crippen LogP contribution is -2.30. The Hall–Kier alpha value is -3.32. The Kier molecular flexibility index (Phi) is 6.89. The Labute approximate surface area is 189 Å². The standard InChI is InChI=1S/C25H28N2O4S/c1-16-14-18(3)19(4)24(15-16)31-20(5)25(28)26-21-10-12-22(13-11-21)32(29,30)27-23-9-7-6-8-17(23)2/h6-15,20,27H,1-5H3,(H,26,28)/t20-/m0/s1. The number of carbonyl (C=O) groups is 1. The van der Waals surface area contributed by atoms with Crippen molar-refractivity contribution in [3.63, 3.8) is 0 Å². The number of amides is 1. The van der Waals surface area contributed by atoms with E-state index in [0.29, 0.717) is 17.1 Å². The van der Waals surface area contributed by atoms with Crippen LogP contribution in [0.15, 0.2) is 65.6 Å². The van der Waals surface area contributed by atoms with E-state index in [9.17, 15) is 13.2 Å². The molecule has 0 saturated carbocycles. The molecule has 32 heavy (non-hydrogen) atoms. The molecule has 0 saturated heterocycles. The minimum absolute atomic E-state index is 0.105. The summed E-state index contributed by atoms with van der Waals surface area (Å²) in [5, 5.41) is 2.77. The number of sulfonamides is 1. The van der Waals surface area contributed by atoms with Gasteiger partial charge in [-0.1, -0.05) is 24.3 Å². The fourth-order valence-electron chi connectivity index (χ4n) is 3.22. The zero-order chi connectivity index (χ0) is 23.5. The highest BCUT2D eigenvalue weighted by atomic mass is 32.2. The first-order valence-corrected chi connectivity index (χ1v) is 11.8. The van der Waals surface area contributed by atoms with Crippen LogP contribution in [0.5, 0.6) is 5.75 Å². The second-order valence-electron chi connectivity index (χ2n) is 7.90. The molecule has 3 rings (SSSR count). The molecule has 3 aromatic carbocycles. The van der Waals surface area contributed by atoms with Crippen molar-refractivity contribution in [1.82, 2.24) is 0 Å². The minimum Gasteiger partial charge on any atom is -0.481 e. The van der Waals surface area contributed by atoms with Crippen LogP contribution in [0.4, 0.5) is 11.4 Å². The van der Waals surface area contributed by atoms with E-state index in [1.54, 1.807) is 31.2 Å². The van der Waals surface area contributed by atoms with Gasteiger partial charge in [0.1, 0.15) is 5.75 Å². The largest absolute Gasteiger partial charge is 0.481 e. The van der Waals surface area contributed by atoms with Gasteiger partial charge in [0.05, 0.1) is 10.6 Å². The van der Waals surface area contributed by atoms with Gasteiger partial charge in [-0.15, -0.1) is 0 Å². The SMILES string of the molecule is Cc1cc(C)c(C)c(O[C@@H](C)C(=O)Nc2ccc(S(=O)(=O)Nc3ccccc3C)cc2)c1. The third-order valence-electron chi connectivity index (χ3n) is 5.26. The number of rotatable bonds is 7. The number of aryl methyl sites for hydroxylation is 3. The Morgan fingerprint density at radius 2 is 1.56 bits per heavy atom. The molecule has 0 spiro atoms. The summed E-state index contributed by atoms with van der Waals surface area (Å²) in [6, 6.07) is 17.1. The summed E-state index contributed by atoms with van der Waals surface area (Å²) in [5.74, 6) is 0.353. The van der Waals surface area contributed by atoms with Gasteiger partial charge in [-0.3, -0.25) is 9.52 Å². The van der Waals surface area contributed by atoms with E-state index < -0.39 is 16.1 Å². The van der Waals surface area contributed by atoms with E-state index in [4.69, 9.17) is 4.74 Å². The van der Waals surface area contributed by atoms with Gasteiger partial charge < -0.3 is 10.1 Å². The predicted molar refractivity (Wildman–Crippen MR) is 128 cm³/mol. The maximum absolute atomic E-state index is 12.7. The van der Waals surface area contributed by atoms with Crippen LogP contribution in [0.25, 0.3) is 0 Å². The molecule has 0 aromatic heterocycles. The molecule has 1 amide bonds. The normalized spacial score (nSPS) is 12.2. The second-order valence-corrected chi connectivity index (χ2v) is 9.58. The molecule has 0 aliphatic rings. The highest BCUT2D eigenvalue weighted by molar-refractivity contribution is 7.92. The van der Waals surface area contributed by atoms with Crippen LogP contribution in [0, 0.1) is 27.7 Å². The number of para-hydroxylation sites is 1. The van der Waals surface area contributed by atoms with Crippen molar-refractivity contribution < 1.29 is 17.9 Å². The Bertz CT molecular complexity index is 1240. The summed E-state index contributed by atoms with van der Waals surface area (Å²) >= 11 is 0. The molecular weight excluding hydrogens is 424 g/mol. The molecule has 0 heterocycles. The first-order chi connectivity index (χ1) is 15.1. The van der Waals surface area contributed by atoms with Crippen LogP contribution in [0.3, 0.4) is 0 Å². The Morgan fingerprint density at radius 1 is 0.906 bits per heavy atom. The van der Waals surface area contributed by atoms with Crippen molar-refractivity contribution in [2.75, 3.05) is 10.0 Å². The zero-order valence-electron chi connectivity index (χ0n) is 18.9. The molecule has 0 aliphatic heterocycles. The minimum atomic E-state index is -3.74. The summed E-state index contributed by atoms with van der Waals surface area (Å²) < 4.78 is 33.8. The van der Waals surface area contributed by atoms with Gasteiger partial charge in [0.15, 0.2) is 6.10 Å². The van der Waals surface area contributed by atoms with E-state index in [2.05, 4.69) is 16.1 Å². The summed E-state index contributed by atoms with van der Waals surface area (Å²) in [4.78, 5) is 12.7. The van der Waals surface area contributed by atoms with E-state index >= 15 is 0 Å². The van der Waals surface area contributed by atoms with Crippen LogP contribution in [-0.2, 0) is 14.8 Å². The molecule has 0 radical (unpaired) electrons. The van der Waals surface area contributed by atoms with E-state index in [1.807, 2.05) is 45.9 Å². The number of ether oxygens (including phenoxy) is 1. The third-order valence-corrected chi connectivity index (χ3v) is 6.64. The molecule has 0 fully saturated rings. The fourth-order valence-corrected chi connectivity index (χ4v) is 4.35. The number of anilines is 2. The zero-order valence-corrected chi connectivity index (χ0v) is 19.7. The lowest BCUT2D eigenvalue weighted by Gasteiger charge is -2.18. The lowest BCUT2D eigenvalue weighted by atomic mass is 10.1. The third kappa shape index (κ3) is 5.48. The van der Waals surface area contributed by atoms with Crippen molar-refractivity contribution in [3.05, 3.63) is 82.9 Å². The molecular formula is C25H28N2O4S. The number of hydrogen-bond donors (Lipinski definition) is 2. The van der Waals surface area contributed by atoms with Crippen molar-refractivity contribution in [3.8, 4) is 5.75 Å². The van der Waals surface area contributed by atoms with Gasteiger partial charge in [-0.2, -0.15) is 0 Å². The van der Waals surface area contributed by atoms with Gasteiger partial charge >= 0.3 is 0 Å². The number of hydrogen-bond acceptors (Lipinski definition) is 4. The average molecular weight is 453 g/mol. The van der Waals surface area contributed by atoms with Crippen LogP contribution < -0.4 is 14.8 Å². The van der Waals surface area contributed by atoms with Gasteiger partial charge in [-0.25, -0.2) is 8.42 Å². The fraction of sp³-hybridized carbons (Fsp3) is 0.240. The van der Waals surface area contributed by atoms with Crippen LogP contribution in [-0.4, -0.2) is 20.4 Å². The first kappa shape index (κ1) is 23.3. The molecule has 2 N–H and O–H groups in total. The summed E-state index contributed by atoms with van der Waals surface area (Å²) in [7, 11) is -3.74. The summed E-state index contributed by atoms with van der Waals surface area (Å²) in [5.41, 5.74) is 4.99. The van der Waals surface area contributed by atoms with Crippen molar-refractivity contribution >= 4 is 27.3 Å². The van der Waals surface area contributed by atoms with Gasteiger partial charge in [0.25, 0.3) is 15.9 Å². The van der Waals surface area contributed by atoms with Gasteiger partial charge in [0.2, 0.25) is 0 Å². The van der Waals surface area contributed by atoms with E-state index in [-0.39, 0.29) is 10.8 Å². The quantitative estimate of drug-likeness (QED) is 0.521. The molecule has 1 atom stereocenters. The highest BCUT2D eigenvalue weighted by Gasteiger charge is 2.18. The Balaban J connectivity index is 1.67. The van der Waals surface area contributed by atoms with Crippen molar-refractivity contribution in [2.24, 2.45) is 0 Å². The monoisotopic (exact) mass is 452 g/mol. The second kappa shape index (κ2) is 9.44. The van der Waals surface area contributed by atoms with Crippen LogP contribution >= 0.6 is 0 Å². The predicted octanol–water partition coefficient (Wildman–Crippen LogP) is 5.13. The number of nitrogens with one attached hydrogen (secondary N) is 2. The van der Waals surface area contributed by atoms with E-state index in [1.165, 1.54) is 12.1 Å². The maximum Gasteiger partial charge on any atom is 0.265 e. The first-order valence-electron chi connectivity index (χ1n) is 10.3. The van der Waals surface area contributed by atoms with Gasteiger partial charge in [-0.05, 0) is 93.3 Å². The maximum atomic E-state index is 12.7. The number of benzene rings is 3. The molecule has 6 nitrogen and oxygen atoms in total. The smallest absolute Gasteiger partial charge is 0.265 e. The number of carbonyl (C=O) groups excluding carboxylic acids is 1. The topological polar surface area (TPSA) is 84.5 Å². The van der Waals surface area contributed by atoms with Crippen LogP contribution in [0.2, 0.25) is 0 Å². The molecule has 7 heteroatoms. The molecule has 168 valence electrons.